The summed E-state index contributed by atoms with van der Waals surface area (Å²) in [6, 6.07) is 8.24. The van der Waals surface area contributed by atoms with Crippen molar-refractivity contribution in [2.45, 2.75) is 13.8 Å². The normalized spacial score (nSPS) is 12.0. The lowest BCUT2D eigenvalue weighted by atomic mass is 10.1. The second-order valence-electron chi connectivity index (χ2n) is 4.98. The molecule has 2 rings (SSSR count). The molecule has 122 valence electrons. The van der Waals surface area contributed by atoms with Crippen LogP contribution in [-0.2, 0) is 10.0 Å². The second kappa shape index (κ2) is 6.66. The molecule has 0 aliphatic carbocycles. The van der Waals surface area contributed by atoms with Gasteiger partial charge in [-0.25, -0.2) is 13.8 Å². The van der Waals surface area contributed by atoms with E-state index in [-0.39, 0.29) is 5.91 Å². The van der Waals surface area contributed by atoms with Crippen molar-refractivity contribution in [3.05, 3.63) is 53.5 Å². The van der Waals surface area contributed by atoms with Gasteiger partial charge in [0.05, 0.1) is 23.8 Å². The smallest absolute Gasteiger partial charge is 0.274 e. The van der Waals surface area contributed by atoms with Crippen LogP contribution < -0.4 is 10.1 Å². The van der Waals surface area contributed by atoms with Crippen LogP contribution in [0.5, 0.6) is 0 Å². The Morgan fingerprint density at radius 1 is 1.17 bits per heavy atom. The maximum atomic E-state index is 11.9. The molecule has 0 aliphatic heterocycles. The summed E-state index contributed by atoms with van der Waals surface area (Å²) < 4.78 is 29.7. The molecule has 1 aromatic heterocycles. The maximum Gasteiger partial charge on any atom is 0.274 e. The highest BCUT2D eigenvalue weighted by Crippen LogP contribution is 2.12. The molecule has 2 N–H and O–H groups in total. The third-order valence-corrected chi connectivity index (χ3v) is 3.64. The minimum atomic E-state index is -3.31. The Morgan fingerprint density at radius 3 is 2.35 bits per heavy atom. The van der Waals surface area contributed by atoms with E-state index in [9.17, 15) is 13.2 Å². The number of sulfonamides is 1. The van der Waals surface area contributed by atoms with Crippen molar-refractivity contribution in [3.63, 3.8) is 0 Å². The molecule has 8 heteroatoms. The fourth-order valence-corrected chi connectivity index (χ4v) is 2.44. The molecule has 0 bridgehead atoms. The second-order valence-corrected chi connectivity index (χ2v) is 6.73. The number of hydrogen-bond acceptors (Lipinski definition) is 5. The molecular weight excluding hydrogens is 318 g/mol. The maximum absolute atomic E-state index is 11.9. The van der Waals surface area contributed by atoms with Gasteiger partial charge in [0.25, 0.3) is 5.91 Å². The predicted octanol–water partition coefficient (Wildman–Crippen LogP) is 2.11. The van der Waals surface area contributed by atoms with Gasteiger partial charge in [-0.1, -0.05) is 12.1 Å². The number of aryl methyl sites for hydroxylation is 1. The van der Waals surface area contributed by atoms with Gasteiger partial charge in [0.2, 0.25) is 10.0 Å². The molecule has 1 aromatic carbocycles. The molecule has 0 saturated heterocycles. The molecule has 7 nitrogen and oxygen atoms in total. The Labute approximate surface area is 134 Å². The van der Waals surface area contributed by atoms with Crippen LogP contribution in [0.4, 0.5) is 5.69 Å². The lowest BCUT2D eigenvalue weighted by Crippen LogP contribution is -2.19. The van der Waals surface area contributed by atoms with Gasteiger partial charge in [-0.15, -0.1) is 0 Å². The van der Waals surface area contributed by atoms with Crippen molar-refractivity contribution < 1.29 is 17.6 Å². The van der Waals surface area contributed by atoms with E-state index in [0.29, 0.717) is 22.7 Å². The van der Waals surface area contributed by atoms with E-state index in [4.69, 9.17) is 4.42 Å². The largest absolute Gasteiger partial charge is 0.469 e. The van der Waals surface area contributed by atoms with Gasteiger partial charge in [-0.05, 0) is 37.6 Å². The third-order valence-electron chi connectivity index (χ3n) is 3.03. The molecular formula is C15H17N3O4S. The van der Waals surface area contributed by atoms with Crippen LogP contribution in [0.3, 0.4) is 0 Å². The van der Waals surface area contributed by atoms with E-state index < -0.39 is 10.0 Å². The molecule has 2 aromatic rings. The number of anilines is 1. The van der Waals surface area contributed by atoms with Crippen molar-refractivity contribution in [2.75, 3.05) is 11.0 Å². The summed E-state index contributed by atoms with van der Waals surface area (Å²) in [5, 5.41) is 4.03. The first-order valence-electron chi connectivity index (χ1n) is 6.73. The molecule has 0 aliphatic rings. The molecule has 0 radical (unpaired) electrons. The van der Waals surface area contributed by atoms with Crippen molar-refractivity contribution in [3.8, 4) is 0 Å². The number of carbonyl (C=O) groups excluding carboxylic acids is 1. The van der Waals surface area contributed by atoms with Gasteiger partial charge < -0.3 is 4.42 Å². The summed E-state index contributed by atoms with van der Waals surface area (Å²) in [6.07, 6.45) is 2.52. The first-order chi connectivity index (χ1) is 10.8. The number of amides is 1. The number of rotatable bonds is 5. The lowest BCUT2D eigenvalue weighted by molar-refractivity contribution is 0.0953. The zero-order chi connectivity index (χ0) is 17.0. The van der Waals surface area contributed by atoms with E-state index in [1.165, 1.54) is 6.26 Å². The van der Waals surface area contributed by atoms with Crippen LogP contribution in [0.15, 0.2) is 46.1 Å². The van der Waals surface area contributed by atoms with Gasteiger partial charge in [-0.3, -0.25) is 9.52 Å². The third kappa shape index (κ3) is 4.68. The van der Waals surface area contributed by atoms with Crippen molar-refractivity contribution in [1.29, 1.82) is 0 Å². The number of carbonyl (C=O) groups is 1. The van der Waals surface area contributed by atoms with Crippen LogP contribution >= 0.6 is 0 Å². The number of nitrogens with one attached hydrogen (secondary N) is 2. The molecule has 0 atom stereocenters. The van der Waals surface area contributed by atoms with Gasteiger partial charge in [-0.2, -0.15) is 5.10 Å². The standard InChI is InChI=1S/C15H17N3O4S/c1-10(16-17-15(19)14-8-9-22-11(14)2)12-4-6-13(7-5-12)18-23(3,20)21/h4-9,18H,1-3H3,(H,17,19)/b16-10+. The minimum Gasteiger partial charge on any atom is -0.469 e. The fourth-order valence-electron chi connectivity index (χ4n) is 1.87. The lowest BCUT2D eigenvalue weighted by Gasteiger charge is -2.06. The van der Waals surface area contributed by atoms with Crippen molar-refractivity contribution in [2.24, 2.45) is 5.10 Å². The average Bonchev–Trinajstić information content (AvgIpc) is 2.90. The number of furan rings is 1. The van der Waals surface area contributed by atoms with E-state index in [1.54, 1.807) is 44.2 Å². The SMILES string of the molecule is C/C(=N\NC(=O)c1ccoc1C)c1ccc(NS(C)(=O)=O)cc1. The summed E-state index contributed by atoms with van der Waals surface area (Å²) in [5.74, 6) is 0.164. The van der Waals surface area contributed by atoms with E-state index in [2.05, 4.69) is 15.2 Å². The summed E-state index contributed by atoms with van der Waals surface area (Å²) in [6.45, 7) is 3.43. The quantitative estimate of drug-likeness (QED) is 0.645. The van der Waals surface area contributed by atoms with Crippen LogP contribution in [0.2, 0.25) is 0 Å². The zero-order valence-electron chi connectivity index (χ0n) is 13.0. The van der Waals surface area contributed by atoms with E-state index in [1.807, 2.05) is 0 Å². The number of benzene rings is 1. The fraction of sp³-hybridized carbons (Fsp3) is 0.200. The number of hydrazone groups is 1. The van der Waals surface area contributed by atoms with Gasteiger partial charge >= 0.3 is 0 Å². The molecule has 0 fully saturated rings. The van der Waals surface area contributed by atoms with Gasteiger partial charge in [0, 0.05) is 5.69 Å². The Morgan fingerprint density at radius 2 is 1.83 bits per heavy atom. The van der Waals surface area contributed by atoms with Gasteiger partial charge in [0.15, 0.2) is 0 Å². The molecule has 0 saturated carbocycles. The molecule has 0 spiro atoms. The average molecular weight is 335 g/mol. The van der Waals surface area contributed by atoms with Crippen LogP contribution in [-0.4, -0.2) is 26.3 Å². The molecule has 23 heavy (non-hydrogen) atoms. The van der Waals surface area contributed by atoms with Gasteiger partial charge in [0.1, 0.15) is 5.76 Å². The first kappa shape index (κ1) is 16.8. The Hall–Kier alpha value is -2.61. The molecule has 1 amide bonds. The Bertz CT molecular complexity index is 836. The number of nitrogens with zero attached hydrogens (tertiary/aromatic N) is 1. The van der Waals surface area contributed by atoms with Crippen LogP contribution in [0, 0.1) is 6.92 Å². The van der Waals surface area contributed by atoms with E-state index in [0.717, 1.165) is 11.8 Å². The highest BCUT2D eigenvalue weighted by Gasteiger charge is 2.10. The summed E-state index contributed by atoms with van der Waals surface area (Å²) in [5.41, 5.74) is 4.69. The summed E-state index contributed by atoms with van der Waals surface area (Å²) >= 11 is 0. The number of hydrogen-bond donors (Lipinski definition) is 2. The summed E-state index contributed by atoms with van der Waals surface area (Å²) in [4.78, 5) is 11.9. The molecule has 1 heterocycles. The minimum absolute atomic E-state index is 0.356. The topological polar surface area (TPSA) is 101 Å². The van der Waals surface area contributed by atoms with E-state index >= 15 is 0 Å². The zero-order valence-corrected chi connectivity index (χ0v) is 13.8. The van der Waals surface area contributed by atoms with Crippen LogP contribution in [0.1, 0.15) is 28.6 Å². The first-order valence-corrected chi connectivity index (χ1v) is 8.62. The predicted molar refractivity (Wildman–Crippen MR) is 88.0 cm³/mol. The Kier molecular flexibility index (Phi) is 4.85. The van der Waals surface area contributed by atoms with Crippen molar-refractivity contribution in [1.82, 2.24) is 5.43 Å². The van der Waals surface area contributed by atoms with Crippen LogP contribution in [0.25, 0.3) is 0 Å². The summed E-state index contributed by atoms with van der Waals surface area (Å²) in [7, 11) is -3.31. The monoisotopic (exact) mass is 335 g/mol. The highest BCUT2D eigenvalue weighted by atomic mass is 32.2. The Balaban J connectivity index is 2.06. The van der Waals surface area contributed by atoms with Crippen molar-refractivity contribution >= 4 is 27.3 Å². The molecule has 0 unspecified atom stereocenters. The highest BCUT2D eigenvalue weighted by molar-refractivity contribution is 7.92.